The maximum atomic E-state index is 13.3. The number of aliphatic hydroxyl groups excluding tert-OH is 1. The Kier molecular flexibility index (Phi) is 6.11. The maximum absolute atomic E-state index is 13.3. The van der Waals surface area contributed by atoms with Crippen LogP contribution >= 0.6 is 11.8 Å². The van der Waals surface area contributed by atoms with Crippen LogP contribution in [0.3, 0.4) is 0 Å². The second-order valence-corrected chi connectivity index (χ2v) is 15.8. The molecule has 0 aromatic carbocycles. The van der Waals surface area contributed by atoms with Crippen molar-refractivity contribution in [3.63, 3.8) is 0 Å². The first-order valence-corrected chi connectivity index (χ1v) is 16.6. The predicted octanol–water partition coefficient (Wildman–Crippen LogP) is 2.12. The molecule has 11 heteroatoms. The Hall–Kier alpha value is -1.34. The van der Waals surface area contributed by atoms with Gasteiger partial charge in [-0.3, -0.25) is 4.99 Å². The van der Waals surface area contributed by atoms with Crippen LogP contribution in [0.25, 0.3) is 0 Å². The molecule has 14 atom stereocenters. The number of hydrogen-bond acceptors (Lipinski definition) is 11. The summed E-state index contributed by atoms with van der Waals surface area (Å²) in [7, 11) is 0. The number of hydrogen-bond donors (Lipinski definition) is 3. The summed E-state index contributed by atoms with van der Waals surface area (Å²) in [6.45, 7) is 4.16. The van der Waals surface area contributed by atoms with E-state index in [4.69, 9.17) is 23.9 Å². The maximum Gasteiger partial charge on any atom is 0.331 e. The summed E-state index contributed by atoms with van der Waals surface area (Å²) < 4.78 is 24.4. The fraction of sp³-hybridized carbons (Fsp3) is 0.839. The minimum absolute atomic E-state index is 0.0554. The van der Waals surface area contributed by atoms with Crippen LogP contribution in [-0.4, -0.2) is 93.1 Å². The standard InChI is InChI=1S/C31H41NO9S/c1-16-11-30(32-7-8-42-30)31(37)26(39-16)40-22-10-18-3-4-20-19(28(18,15-33)13-23(22)41-31)5-6-27(2)25(17-9-24(35)38-14-17)21(34)12-29(20,27)36/h7,9,15-16,18-23,25-26,34,36-37H,3-6,8,10-14H2,1-2H3. The van der Waals surface area contributed by atoms with Gasteiger partial charge < -0.3 is 39.1 Å². The number of carbonyl (C=O) groups excluding carboxylic acids is 2. The molecule has 0 aromatic heterocycles. The van der Waals surface area contributed by atoms with Crippen LogP contribution in [0.1, 0.15) is 65.2 Å². The van der Waals surface area contributed by atoms with E-state index in [0.29, 0.717) is 31.4 Å². The molecule has 14 unspecified atom stereocenters. The van der Waals surface area contributed by atoms with Crippen LogP contribution in [0.4, 0.5) is 0 Å². The molecule has 10 nitrogen and oxygen atoms in total. The van der Waals surface area contributed by atoms with E-state index in [1.54, 1.807) is 11.8 Å². The quantitative estimate of drug-likeness (QED) is 0.244. The Balaban J connectivity index is 1.11. The van der Waals surface area contributed by atoms with Crippen LogP contribution in [0, 0.1) is 34.5 Å². The number of carbonyl (C=O) groups is 2. The number of ether oxygens (including phenoxy) is 4. The van der Waals surface area contributed by atoms with Gasteiger partial charge in [0.05, 0.1) is 30.0 Å². The van der Waals surface area contributed by atoms with E-state index in [1.807, 2.05) is 20.1 Å². The summed E-state index contributed by atoms with van der Waals surface area (Å²) in [5.74, 6) is -2.10. The molecule has 0 amide bonds. The fourth-order valence-corrected chi connectivity index (χ4v) is 12.3. The van der Waals surface area contributed by atoms with E-state index in [9.17, 15) is 24.9 Å². The number of aliphatic imine (C=N–C) groups is 1. The minimum atomic E-state index is -1.77. The monoisotopic (exact) mass is 603 g/mol. The van der Waals surface area contributed by atoms with E-state index < -0.39 is 51.6 Å². The summed E-state index contributed by atoms with van der Waals surface area (Å²) >= 11 is 1.54. The second-order valence-electron chi connectivity index (χ2n) is 14.5. The van der Waals surface area contributed by atoms with Crippen molar-refractivity contribution in [2.24, 2.45) is 39.5 Å². The average Bonchev–Trinajstić information content (AvgIpc) is 3.64. The first-order valence-electron chi connectivity index (χ1n) is 15.6. The molecule has 3 N–H and O–H groups in total. The highest BCUT2D eigenvalue weighted by molar-refractivity contribution is 8.01. The van der Waals surface area contributed by atoms with Crippen molar-refractivity contribution in [3.8, 4) is 0 Å². The lowest BCUT2D eigenvalue weighted by Crippen LogP contribution is -2.73. The van der Waals surface area contributed by atoms with Crippen molar-refractivity contribution >= 4 is 30.2 Å². The average molecular weight is 604 g/mol. The number of rotatable bonds is 2. The lowest BCUT2D eigenvalue weighted by molar-refractivity contribution is -0.445. The molecule has 42 heavy (non-hydrogen) atoms. The van der Waals surface area contributed by atoms with E-state index in [0.717, 1.165) is 31.1 Å². The normalized spacial score (nSPS) is 57.9. The summed E-state index contributed by atoms with van der Waals surface area (Å²) in [5, 5.41) is 36.0. The highest BCUT2D eigenvalue weighted by Crippen LogP contribution is 2.70. The van der Waals surface area contributed by atoms with Crippen LogP contribution in [0.5, 0.6) is 0 Å². The smallest absolute Gasteiger partial charge is 0.331 e. The van der Waals surface area contributed by atoms with Crippen molar-refractivity contribution in [1.82, 2.24) is 0 Å². The molecule has 230 valence electrons. The number of cyclic esters (lactones) is 1. The molecular weight excluding hydrogens is 562 g/mol. The summed E-state index contributed by atoms with van der Waals surface area (Å²) in [4.78, 5) is 29.0. The number of esters is 1. The van der Waals surface area contributed by atoms with Crippen LogP contribution in [0.15, 0.2) is 16.6 Å². The molecular formula is C31H41NO9S. The zero-order chi connectivity index (χ0) is 29.3. The van der Waals surface area contributed by atoms with Gasteiger partial charge in [-0.15, -0.1) is 11.8 Å². The van der Waals surface area contributed by atoms with Crippen LogP contribution in [-0.2, 0) is 28.5 Å². The Morgan fingerprint density at radius 1 is 1.10 bits per heavy atom. The fourth-order valence-electron chi connectivity index (χ4n) is 11.1. The molecule has 4 heterocycles. The van der Waals surface area contributed by atoms with Gasteiger partial charge in [0.15, 0.2) is 4.87 Å². The highest BCUT2D eigenvalue weighted by atomic mass is 32.2. The van der Waals surface area contributed by atoms with Crippen molar-refractivity contribution < 1.29 is 43.9 Å². The van der Waals surface area contributed by atoms with E-state index in [2.05, 4.69) is 0 Å². The Labute approximate surface area is 249 Å². The minimum Gasteiger partial charge on any atom is -0.458 e. The van der Waals surface area contributed by atoms with Gasteiger partial charge in [0.1, 0.15) is 12.9 Å². The van der Waals surface area contributed by atoms with Crippen LogP contribution in [0.2, 0.25) is 0 Å². The van der Waals surface area contributed by atoms with Gasteiger partial charge in [0.2, 0.25) is 6.29 Å². The van der Waals surface area contributed by atoms with Gasteiger partial charge in [-0.2, -0.15) is 0 Å². The third-order valence-corrected chi connectivity index (χ3v) is 14.2. The van der Waals surface area contributed by atoms with Gasteiger partial charge in [-0.25, -0.2) is 4.79 Å². The van der Waals surface area contributed by atoms with E-state index in [-0.39, 0.29) is 48.9 Å². The first kappa shape index (κ1) is 28.2. The topological polar surface area (TPSA) is 144 Å². The molecule has 2 saturated heterocycles. The lowest BCUT2D eigenvalue weighted by atomic mass is 9.42. The van der Waals surface area contributed by atoms with Crippen molar-refractivity contribution in [2.45, 2.75) is 112 Å². The van der Waals surface area contributed by atoms with Crippen LogP contribution < -0.4 is 0 Å². The zero-order valence-corrected chi connectivity index (χ0v) is 25.0. The zero-order valence-electron chi connectivity index (χ0n) is 24.1. The van der Waals surface area contributed by atoms with E-state index >= 15 is 0 Å². The van der Waals surface area contributed by atoms with Gasteiger partial charge >= 0.3 is 5.97 Å². The summed E-state index contributed by atoms with van der Waals surface area (Å²) in [5.41, 5.74) is -1.83. The first-order chi connectivity index (χ1) is 20.0. The third kappa shape index (κ3) is 3.42. The Morgan fingerprint density at radius 3 is 2.64 bits per heavy atom. The van der Waals surface area contributed by atoms with Gasteiger partial charge in [0, 0.05) is 47.6 Å². The molecule has 4 aliphatic heterocycles. The number of nitrogens with zero attached hydrogens (tertiary/aromatic N) is 1. The third-order valence-electron chi connectivity index (χ3n) is 12.8. The molecule has 0 radical (unpaired) electrons. The number of aldehydes is 1. The SMILES string of the molecule is CC1CC2(N=CCS2)C2(O)OC3CC4(C=O)C(CCC5C4CCC4(C)C(C6=CC(=O)OC6)C(O)CC54O)CC3OC2O1. The molecule has 4 saturated carbocycles. The van der Waals surface area contributed by atoms with Crippen molar-refractivity contribution in [3.05, 3.63) is 11.6 Å². The molecule has 8 aliphatic rings. The second kappa shape index (κ2) is 9.11. The number of thioether (sulfide) groups is 1. The van der Waals surface area contributed by atoms with Gasteiger partial charge in [-0.1, -0.05) is 6.92 Å². The molecule has 6 fully saturated rings. The number of aliphatic hydroxyl groups is 3. The Morgan fingerprint density at radius 2 is 1.93 bits per heavy atom. The van der Waals surface area contributed by atoms with Gasteiger partial charge in [0.25, 0.3) is 5.79 Å². The molecule has 0 aromatic rings. The summed E-state index contributed by atoms with van der Waals surface area (Å²) in [6.07, 6.45) is 6.24. The molecule has 4 aliphatic carbocycles. The molecule has 8 rings (SSSR count). The molecule has 1 spiro atoms. The highest BCUT2D eigenvalue weighted by Gasteiger charge is 2.73. The van der Waals surface area contributed by atoms with Crippen molar-refractivity contribution in [2.75, 3.05) is 12.4 Å². The Bertz CT molecular complexity index is 1260. The summed E-state index contributed by atoms with van der Waals surface area (Å²) in [6, 6.07) is 0. The van der Waals surface area contributed by atoms with Crippen molar-refractivity contribution in [1.29, 1.82) is 0 Å². The lowest BCUT2D eigenvalue weighted by Gasteiger charge is -2.65. The number of fused-ring (bicyclic) bond motifs is 8. The van der Waals surface area contributed by atoms with Gasteiger partial charge in [-0.05, 0) is 68.8 Å². The predicted molar refractivity (Wildman–Crippen MR) is 150 cm³/mol. The van der Waals surface area contributed by atoms with E-state index in [1.165, 1.54) is 6.08 Å². The largest absolute Gasteiger partial charge is 0.458 e. The molecule has 0 bridgehead atoms.